The molecule has 0 amide bonds. The van der Waals surface area contributed by atoms with Crippen LogP contribution in [0.2, 0.25) is 0 Å². The van der Waals surface area contributed by atoms with E-state index in [1.54, 1.807) is 24.3 Å². The van der Waals surface area contributed by atoms with Gasteiger partial charge in [-0.3, -0.25) is 0 Å². The molecule has 2 aromatic carbocycles. The van der Waals surface area contributed by atoms with Crippen LogP contribution in [0.4, 0.5) is 12.9 Å². The molecule has 0 saturated carbocycles. The van der Waals surface area contributed by atoms with E-state index in [0.29, 0.717) is 11.1 Å². The summed E-state index contributed by atoms with van der Waals surface area (Å²) in [5.74, 6) is -0.177. The molecule has 2 aromatic rings. The van der Waals surface area contributed by atoms with Crippen molar-refractivity contribution < 1.29 is 69.1 Å². The maximum atomic E-state index is 12.8. The molecule has 0 heterocycles. The van der Waals surface area contributed by atoms with Gasteiger partial charge in [0, 0.05) is 0 Å². The van der Waals surface area contributed by atoms with Gasteiger partial charge in [-0.05, 0) is 23.8 Å². The van der Waals surface area contributed by atoms with Crippen LogP contribution in [-0.2, 0) is 6.61 Å². The zero-order valence-corrected chi connectivity index (χ0v) is 14.5. The van der Waals surface area contributed by atoms with Gasteiger partial charge in [0.1, 0.15) is 6.61 Å². The number of nitriles is 1. The molecule has 0 aliphatic heterocycles. The SMILES string of the molecule is N#Cc1ccc(COc2ccccc2[B-](F)(F)F)cc1.[K+]. The first kappa shape index (κ1) is 18.3. The Kier molecular flexibility index (Phi) is 6.97. The zero-order valence-electron chi connectivity index (χ0n) is 11.4. The Morgan fingerprint density at radius 1 is 1.00 bits per heavy atom. The topological polar surface area (TPSA) is 33.0 Å². The van der Waals surface area contributed by atoms with E-state index < -0.39 is 12.4 Å². The minimum atomic E-state index is -5.10. The second kappa shape index (κ2) is 8.01. The molecule has 0 spiro atoms. The summed E-state index contributed by atoms with van der Waals surface area (Å²) in [5.41, 5.74) is 0.461. The first-order valence-corrected chi connectivity index (χ1v) is 5.91. The molecule has 0 radical (unpaired) electrons. The second-order valence-corrected chi connectivity index (χ2v) is 4.21. The number of nitrogens with zero attached hydrogens (tertiary/aromatic N) is 1. The molecule has 0 fully saturated rings. The monoisotopic (exact) mass is 315 g/mol. The normalized spacial score (nSPS) is 10.4. The largest absolute Gasteiger partial charge is 1.00 e. The molecule has 0 aliphatic carbocycles. The van der Waals surface area contributed by atoms with Crippen molar-refractivity contribution in [3.8, 4) is 11.8 Å². The molecule has 0 saturated heterocycles. The van der Waals surface area contributed by atoms with Gasteiger partial charge in [0.05, 0.1) is 17.4 Å². The fraction of sp³-hybridized carbons (Fsp3) is 0.0714. The van der Waals surface area contributed by atoms with E-state index in [1.165, 1.54) is 18.2 Å². The Morgan fingerprint density at radius 3 is 2.19 bits per heavy atom. The predicted octanol–water partition coefficient (Wildman–Crippen LogP) is 0.196. The van der Waals surface area contributed by atoms with Gasteiger partial charge < -0.3 is 17.7 Å². The summed E-state index contributed by atoms with van der Waals surface area (Å²) < 4.78 is 43.7. The van der Waals surface area contributed by atoms with Crippen LogP contribution in [0.5, 0.6) is 5.75 Å². The van der Waals surface area contributed by atoms with Gasteiger partial charge in [-0.1, -0.05) is 35.8 Å². The van der Waals surface area contributed by atoms with Crippen molar-refractivity contribution in [1.29, 1.82) is 5.26 Å². The summed E-state index contributed by atoms with van der Waals surface area (Å²) in [6.45, 7) is -5.08. The van der Waals surface area contributed by atoms with Crippen LogP contribution in [0.25, 0.3) is 0 Å². The quantitative estimate of drug-likeness (QED) is 0.755. The summed E-state index contributed by atoms with van der Waals surface area (Å²) >= 11 is 0. The summed E-state index contributed by atoms with van der Waals surface area (Å²) in [6.07, 6.45) is 0. The van der Waals surface area contributed by atoms with E-state index in [4.69, 9.17) is 10.00 Å². The fourth-order valence-electron chi connectivity index (χ4n) is 1.72. The van der Waals surface area contributed by atoms with Gasteiger partial charge in [0.15, 0.2) is 0 Å². The number of benzene rings is 2. The third kappa shape index (κ3) is 5.17. The number of ether oxygens (including phenoxy) is 1. The minimum absolute atomic E-state index is 0. The molecular weight excluding hydrogens is 305 g/mol. The van der Waals surface area contributed by atoms with Gasteiger partial charge in [-0.2, -0.15) is 5.26 Å². The maximum Gasteiger partial charge on any atom is 1.00 e. The van der Waals surface area contributed by atoms with Crippen molar-refractivity contribution in [1.82, 2.24) is 0 Å². The Hall–Kier alpha value is -0.779. The molecule has 2 rings (SSSR count). The van der Waals surface area contributed by atoms with E-state index in [1.807, 2.05) is 6.07 Å². The van der Waals surface area contributed by atoms with E-state index in [0.717, 1.165) is 6.07 Å². The van der Waals surface area contributed by atoms with Gasteiger partial charge in [0.25, 0.3) is 0 Å². The molecule has 21 heavy (non-hydrogen) atoms. The Labute approximate surface area is 163 Å². The summed E-state index contributed by atoms with van der Waals surface area (Å²) in [6, 6.07) is 13.6. The average molecular weight is 315 g/mol. The van der Waals surface area contributed by atoms with Gasteiger partial charge in [0.2, 0.25) is 0 Å². The van der Waals surface area contributed by atoms with Crippen LogP contribution in [0.15, 0.2) is 48.5 Å². The predicted molar refractivity (Wildman–Crippen MR) is 70.6 cm³/mol. The van der Waals surface area contributed by atoms with Crippen molar-refractivity contribution in [2.24, 2.45) is 0 Å². The first-order valence-electron chi connectivity index (χ1n) is 5.91. The molecule has 0 aliphatic rings. The number of para-hydroxylation sites is 1. The second-order valence-electron chi connectivity index (χ2n) is 4.21. The number of hydrogen-bond donors (Lipinski definition) is 0. The van der Waals surface area contributed by atoms with E-state index in [9.17, 15) is 12.9 Å². The van der Waals surface area contributed by atoms with Gasteiger partial charge >= 0.3 is 58.4 Å². The van der Waals surface area contributed by atoms with Crippen molar-refractivity contribution in [2.45, 2.75) is 6.61 Å². The van der Waals surface area contributed by atoms with Crippen LogP contribution in [-0.4, -0.2) is 6.98 Å². The number of halogens is 3. The molecule has 0 N–H and O–H groups in total. The minimum Gasteiger partial charge on any atom is -0.492 e. The van der Waals surface area contributed by atoms with Crippen LogP contribution in [0.1, 0.15) is 11.1 Å². The third-order valence-electron chi connectivity index (χ3n) is 2.75. The zero-order chi connectivity index (χ0) is 14.6. The third-order valence-corrected chi connectivity index (χ3v) is 2.75. The molecule has 0 unspecified atom stereocenters. The maximum absolute atomic E-state index is 12.8. The van der Waals surface area contributed by atoms with Crippen molar-refractivity contribution in [3.05, 3.63) is 59.7 Å². The Balaban J connectivity index is 0.00000220. The summed E-state index contributed by atoms with van der Waals surface area (Å²) in [4.78, 5) is 0. The average Bonchev–Trinajstić information content (AvgIpc) is 2.45. The fourth-order valence-corrected chi connectivity index (χ4v) is 1.72. The number of hydrogen-bond acceptors (Lipinski definition) is 2. The molecule has 7 heteroatoms. The standard InChI is InChI=1S/C14H10BF3NO.K/c16-15(17,18)13-3-1-2-4-14(13)20-10-12-7-5-11(9-19)6-8-12;/h1-8H,10H2;/q-1;+1. The Bertz CT molecular complexity index is 638. The summed E-state index contributed by atoms with van der Waals surface area (Å²) in [7, 11) is 0. The van der Waals surface area contributed by atoms with Crippen LogP contribution < -0.4 is 61.6 Å². The smallest absolute Gasteiger partial charge is 0.492 e. The van der Waals surface area contributed by atoms with Gasteiger partial charge in [-0.25, -0.2) is 0 Å². The van der Waals surface area contributed by atoms with Crippen molar-refractivity contribution >= 4 is 12.4 Å². The molecule has 0 atom stereocenters. The first-order chi connectivity index (χ1) is 9.50. The van der Waals surface area contributed by atoms with Crippen LogP contribution in [0.3, 0.4) is 0 Å². The van der Waals surface area contributed by atoms with Crippen LogP contribution >= 0.6 is 0 Å². The van der Waals surface area contributed by atoms with E-state index in [-0.39, 0.29) is 63.7 Å². The van der Waals surface area contributed by atoms with E-state index in [2.05, 4.69) is 0 Å². The van der Waals surface area contributed by atoms with E-state index >= 15 is 0 Å². The molecule has 0 bridgehead atoms. The molecule has 102 valence electrons. The summed E-state index contributed by atoms with van der Waals surface area (Å²) in [5, 5.41) is 8.66. The van der Waals surface area contributed by atoms with Gasteiger partial charge in [-0.15, -0.1) is 0 Å². The molecular formula is C14H10BF3KNO. The van der Waals surface area contributed by atoms with Crippen LogP contribution in [0, 0.1) is 11.3 Å². The Morgan fingerprint density at radius 2 is 1.62 bits per heavy atom. The van der Waals surface area contributed by atoms with Crippen molar-refractivity contribution in [2.75, 3.05) is 0 Å². The van der Waals surface area contributed by atoms with Crippen molar-refractivity contribution in [3.63, 3.8) is 0 Å². The number of rotatable bonds is 4. The molecule has 0 aromatic heterocycles. The molecule has 2 nitrogen and oxygen atoms in total.